The van der Waals surface area contributed by atoms with Crippen molar-refractivity contribution in [2.45, 2.75) is 46.1 Å². The van der Waals surface area contributed by atoms with Crippen molar-refractivity contribution in [1.82, 2.24) is 10.2 Å². The first kappa shape index (κ1) is 21.7. The minimum absolute atomic E-state index is 0. The van der Waals surface area contributed by atoms with Gasteiger partial charge in [-0.25, -0.2) is 0 Å². The van der Waals surface area contributed by atoms with Gasteiger partial charge in [0.2, 0.25) is 5.91 Å². The highest BCUT2D eigenvalue weighted by atomic mass is 127. The molecule has 6 heteroatoms. The number of nitrogens with one attached hydrogen (secondary N) is 1. The van der Waals surface area contributed by atoms with Crippen LogP contribution in [0.5, 0.6) is 0 Å². The Bertz CT molecular complexity index is 584. The molecule has 0 aliphatic carbocycles. The second-order valence-electron chi connectivity index (χ2n) is 7.05. The summed E-state index contributed by atoms with van der Waals surface area (Å²) < 4.78 is 0. The van der Waals surface area contributed by atoms with E-state index in [1.807, 2.05) is 19.2 Å². The maximum atomic E-state index is 11.1. The minimum atomic E-state index is -0.395. The van der Waals surface area contributed by atoms with E-state index in [4.69, 9.17) is 5.73 Å². The average Bonchev–Trinajstić information content (AvgIpc) is 2.56. The second kappa shape index (κ2) is 9.99. The maximum Gasteiger partial charge on any atom is 0.248 e. The second-order valence-corrected chi connectivity index (χ2v) is 7.05. The highest BCUT2D eigenvalue weighted by molar-refractivity contribution is 14.0. The van der Waals surface area contributed by atoms with Crippen LogP contribution < -0.4 is 11.1 Å². The van der Waals surface area contributed by atoms with Gasteiger partial charge in [0.25, 0.3) is 0 Å². The molecule has 1 amide bonds. The van der Waals surface area contributed by atoms with E-state index < -0.39 is 5.91 Å². The molecule has 1 saturated heterocycles. The highest BCUT2D eigenvalue weighted by Crippen LogP contribution is 2.33. The predicted molar refractivity (Wildman–Crippen MR) is 114 cm³/mol. The first-order chi connectivity index (χ1) is 11.5. The third kappa shape index (κ3) is 6.17. The first-order valence-electron chi connectivity index (χ1n) is 8.82. The van der Waals surface area contributed by atoms with Crippen LogP contribution in [0, 0.1) is 5.41 Å². The normalized spacial score (nSPS) is 20.8. The summed E-state index contributed by atoms with van der Waals surface area (Å²) in [6.07, 6.45) is 4.99. The minimum Gasteiger partial charge on any atom is -0.366 e. The standard InChI is InChI=1S/C19H30N4O.HI/c1-4-10-19(2)11-5-12-23(14-19)18(21-3)22-13-15-6-8-16(9-7-15)17(20)24;/h6-9H,4-5,10-14H2,1-3H3,(H2,20,24)(H,21,22);1H. The van der Waals surface area contributed by atoms with Crippen LogP contribution >= 0.6 is 24.0 Å². The number of nitrogens with two attached hydrogens (primary N) is 1. The summed E-state index contributed by atoms with van der Waals surface area (Å²) in [6.45, 7) is 7.44. The molecule has 0 spiro atoms. The van der Waals surface area contributed by atoms with E-state index in [2.05, 4.69) is 29.1 Å². The number of guanidine groups is 1. The van der Waals surface area contributed by atoms with Crippen molar-refractivity contribution in [3.05, 3.63) is 35.4 Å². The molecule has 0 radical (unpaired) electrons. The van der Waals surface area contributed by atoms with Gasteiger partial charge >= 0.3 is 0 Å². The Balaban J connectivity index is 0.00000312. The summed E-state index contributed by atoms with van der Waals surface area (Å²) in [5.41, 5.74) is 7.30. The van der Waals surface area contributed by atoms with E-state index in [0.29, 0.717) is 17.5 Å². The quantitative estimate of drug-likeness (QED) is 0.404. The van der Waals surface area contributed by atoms with Gasteiger partial charge in [0.1, 0.15) is 0 Å². The molecule has 140 valence electrons. The lowest BCUT2D eigenvalue weighted by Gasteiger charge is -2.42. The van der Waals surface area contributed by atoms with E-state index in [9.17, 15) is 4.79 Å². The molecule has 0 aromatic heterocycles. The first-order valence-corrected chi connectivity index (χ1v) is 8.82. The Morgan fingerprint density at radius 1 is 1.36 bits per heavy atom. The lowest BCUT2D eigenvalue weighted by molar-refractivity contribution is 0.100. The Morgan fingerprint density at radius 2 is 2.04 bits per heavy atom. The van der Waals surface area contributed by atoms with Crippen molar-refractivity contribution in [3.63, 3.8) is 0 Å². The molecule has 0 bridgehead atoms. The van der Waals surface area contributed by atoms with Gasteiger partial charge in [0.15, 0.2) is 5.96 Å². The van der Waals surface area contributed by atoms with Gasteiger partial charge in [-0.1, -0.05) is 32.4 Å². The van der Waals surface area contributed by atoms with E-state index in [-0.39, 0.29) is 24.0 Å². The number of benzene rings is 1. The zero-order valence-corrected chi connectivity index (χ0v) is 17.9. The molecule has 1 unspecified atom stereocenters. The van der Waals surface area contributed by atoms with E-state index in [1.54, 1.807) is 12.1 Å². The average molecular weight is 458 g/mol. The van der Waals surface area contributed by atoms with Crippen LogP contribution in [0.25, 0.3) is 0 Å². The number of carbonyl (C=O) groups is 1. The van der Waals surface area contributed by atoms with Crippen molar-refractivity contribution in [2.75, 3.05) is 20.1 Å². The maximum absolute atomic E-state index is 11.1. The SMILES string of the molecule is CCCC1(C)CCCN(C(=NC)NCc2ccc(C(N)=O)cc2)C1.I. The van der Waals surface area contributed by atoms with Crippen molar-refractivity contribution >= 4 is 35.8 Å². The molecule has 0 saturated carbocycles. The smallest absolute Gasteiger partial charge is 0.248 e. The number of hydrogen-bond acceptors (Lipinski definition) is 2. The fraction of sp³-hybridized carbons (Fsp3) is 0.579. The van der Waals surface area contributed by atoms with Crippen LogP contribution in [-0.4, -0.2) is 36.9 Å². The topological polar surface area (TPSA) is 70.7 Å². The van der Waals surface area contributed by atoms with E-state index in [0.717, 1.165) is 24.6 Å². The van der Waals surface area contributed by atoms with Crippen molar-refractivity contribution in [1.29, 1.82) is 0 Å². The van der Waals surface area contributed by atoms with Gasteiger partial charge in [0, 0.05) is 32.2 Å². The van der Waals surface area contributed by atoms with Gasteiger partial charge in [0.05, 0.1) is 0 Å². The molecule has 1 atom stereocenters. The van der Waals surface area contributed by atoms with Crippen LogP contribution in [0.1, 0.15) is 55.5 Å². The molecule has 1 aromatic carbocycles. The number of primary amides is 1. The monoisotopic (exact) mass is 458 g/mol. The number of halogens is 1. The summed E-state index contributed by atoms with van der Waals surface area (Å²) in [4.78, 5) is 18.0. The lowest BCUT2D eigenvalue weighted by atomic mass is 9.78. The Morgan fingerprint density at radius 3 is 2.60 bits per heavy atom. The lowest BCUT2D eigenvalue weighted by Crippen LogP contribution is -2.49. The zero-order valence-electron chi connectivity index (χ0n) is 15.5. The van der Waals surface area contributed by atoms with E-state index >= 15 is 0 Å². The van der Waals surface area contributed by atoms with Gasteiger partial charge in [-0.15, -0.1) is 24.0 Å². The van der Waals surface area contributed by atoms with Crippen molar-refractivity contribution in [3.8, 4) is 0 Å². The molecule has 25 heavy (non-hydrogen) atoms. The van der Waals surface area contributed by atoms with Gasteiger partial charge < -0.3 is 16.0 Å². The summed E-state index contributed by atoms with van der Waals surface area (Å²) in [7, 11) is 1.84. The summed E-state index contributed by atoms with van der Waals surface area (Å²) in [6, 6.07) is 7.39. The molecular weight excluding hydrogens is 427 g/mol. The van der Waals surface area contributed by atoms with Gasteiger partial charge in [-0.05, 0) is 42.4 Å². The molecule has 5 nitrogen and oxygen atoms in total. The Labute approximate surface area is 168 Å². The van der Waals surface area contributed by atoms with Crippen molar-refractivity contribution < 1.29 is 4.79 Å². The summed E-state index contributed by atoms with van der Waals surface area (Å²) in [5.74, 6) is 0.560. The number of carbonyl (C=O) groups excluding carboxylic acids is 1. The van der Waals surface area contributed by atoms with E-state index in [1.165, 1.54) is 25.7 Å². The predicted octanol–water partition coefficient (Wildman–Crippen LogP) is 3.38. The molecule has 1 aliphatic heterocycles. The zero-order chi connectivity index (χ0) is 17.6. The number of likely N-dealkylation sites (tertiary alicyclic amines) is 1. The van der Waals surface area contributed by atoms with Crippen LogP contribution in [-0.2, 0) is 6.54 Å². The number of rotatable bonds is 5. The Kier molecular flexibility index (Phi) is 8.68. The van der Waals surface area contributed by atoms with Crippen LogP contribution in [0.2, 0.25) is 0 Å². The largest absolute Gasteiger partial charge is 0.366 e. The molecule has 2 rings (SSSR count). The number of aliphatic imine (C=N–C) groups is 1. The molecule has 3 N–H and O–H groups in total. The third-order valence-corrected chi connectivity index (χ3v) is 4.83. The molecular formula is C19H31IN4O. The van der Waals surface area contributed by atoms with Gasteiger partial charge in [-0.2, -0.15) is 0 Å². The van der Waals surface area contributed by atoms with Gasteiger partial charge in [-0.3, -0.25) is 9.79 Å². The number of nitrogens with zero attached hydrogens (tertiary/aromatic N) is 2. The Hall–Kier alpha value is -1.31. The number of amides is 1. The van der Waals surface area contributed by atoms with Crippen LogP contribution in [0.15, 0.2) is 29.3 Å². The molecule has 1 heterocycles. The number of hydrogen-bond donors (Lipinski definition) is 2. The number of piperidine rings is 1. The fourth-order valence-corrected chi connectivity index (χ4v) is 3.60. The van der Waals surface area contributed by atoms with Crippen LogP contribution in [0.3, 0.4) is 0 Å². The molecule has 1 aromatic rings. The molecule has 1 aliphatic rings. The fourth-order valence-electron chi connectivity index (χ4n) is 3.60. The highest BCUT2D eigenvalue weighted by Gasteiger charge is 2.31. The molecule has 1 fully saturated rings. The summed E-state index contributed by atoms with van der Waals surface area (Å²) >= 11 is 0. The third-order valence-electron chi connectivity index (χ3n) is 4.83. The van der Waals surface area contributed by atoms with Crippen LogP contribution in [0.4, 0.5) is 0 Å². The van der Waals surface area contributed by atoms with Crippen molar-refractivity contribution in [2.24, 2.45) is 16.1 Å². The summed E-state index contributed by atoms with van der Waals surface area (Å²) in [5, 5.41) is 3.44.